The summed E-state index contributed by atoms with van der Waals surface area (Å²) in [4.78, 5) is 23.5. The number of carboxylic acid groups (broad SMARTS) is 1. The van der Waals surface area contributed by atoms with Gasteiger partial charge in [0, 0.05) is 21.7 Å². The number of rotatable bonds is 4. The number of anilines is 1. The second kappa shape index (κ2) is 7.25. The first-order chi connectivity index (χ1) is 12.4. The predicted molar refractivity (Wildman–Crippen MR) is 94.2 cm³/mol. The van der Waals surface area contributed by atoms with Crippen molar-refractivity contribution < 1.29 is 23.5 Å². The van der Waals surface area contributed by atoms with Gasteiger partial charge in [-0.1, -0.05) is 41.9 Å². The summed E-state index contributed by atoms with van der Waals surface area (Å²) in [7, 11) is 0. The Morgan fingerprint density at radius 1 is 1.12 bits per heavy atom. The van der Waals surface area contributed by atoms with E-state index >= 15 is 0 Å². The number of hydrogen-bond donors (Lipinski definition) is 2. The number of nitrogens with one attached hydrogen (secondary N) is 1. The third-order valence-electron chi connectivity index (χ3n) is 4.18. The number of carbonyl (C=O) groups excluding carboxylic acids is 1. The van der Waals surface area contributed by atoms with Gasteiger partial charge in [0.2, 0.25) is 5.91 Å². The highest BCUT2D eigenvalue weighted by Gasteiger charge is 2.36. The fourth-order valence-corrected chi connectivity index (χ4v) is 3.17. The highest BCUT2D eigenvalue weighted by atomic mass is 35.5. The van der Waals surface area contributed by atoms with Crippen LogP contribution in [0.2, 0.25) is 5.02 Å². The Morgan fingerprint density at radius 3 is 2.50 bits per heavy atom. The fraction of sp³-hybridized carbons (Fsp3) is 0.158. The number of hydrogen-bond acceptors (Lipinski definition) is 2. The number of carbonyl (C=O) groups is 2. The molecule has 1 amide bonds. The fourth-order valence-electron chi connectivity index (χ4n) is 2.94. The molecule has 2 aromatic rings. The van der Waals surface area contributed by atoms with Crippen LogP contribution >= 0.6 is 11.6 Å². The summed E-state index contributed by atoms with van der Waals surface area (Å²) in [5.41, 5.74) is 0.202. The van der Waals surface area contributed by atoms with Crippen molar-refractivity contribution in [1.29, 1.82) is 0 Å². The third-order valence-corrected chi connectivity index (χ3v) is 4.51. The van der Waals surface area contributed by atoms with Crippen molar-refractivity contribution in [3.63, 3.8) is 0 Å². The number of amides is 1. The Morgan fingerprint density at radius 2 is 1.81 bits per heavy atom. The molecule has 3 rings (SSSR count). The van der Waals surface area contributed by atoms with Crippen LogP contribution in [0.4, 0.5) is 14.5 Å². The number of benzene rings is 2. The predicted octanol–water partition coefficient (Wildman–Crippen LogP) is 4.45. The second-order valence-electron chi connectivity index (χ2n) is 5.87. The van der Waals surface area contributed by atoms with Gasteiger partial charge in [0.05, 0.1) is 11.6 Å². The molecule has 0 spiro atoms. The molecule has 7 heteroatoms. The maximum Gasteiger partial charge on any atom is 0.332 e. The zero-order valence-corrected chi connectivity index (χ0v) is 14.1. The van der Waals surface area contributed by atoms with Gasteiger partial charge in [0.1, 0.15) is 6.17 Å². The van der Waals surface area contributed by atoms with Crippen LogP contribution in [0.25, 0.3) is 11.1 Å². The molecule has 1 aliphatic rings. The van der Waals surface area contributed by atoms with E-state index in [1.807, 2.05) is 0 Å². The van der Waals surface area contributed by atoms with Gasteiger partial charge in [0.15, 0.2) is 5.82 Å². The summed E-state index contributed by atoms with van der Waals surface area (Å²) < 4.78 is 28.3. The molecule has 0 saturated heterocycles. The van der Waals surface area contributed by atoms with Crippen molar-refractivity contribution in [2.24, 2.45) is 5.92 Å². The Bertz CT molecular complexity index is 913. The van der Waals surface area contributed by atoms with Crippen LogP contribution in [-0.2, 0) is 9.59 Å². The zero-order chi connectivity index (χ0) is 18.8. The maximum absolute atomic E-state index is 14.8. The SMILES string of the molecule is O=C(O)C1=CC(F)C[C@H]1C(=O)Nc1cccc(-c2ccccc2Cl)c1F. The summed E-state index contributed by atoms with van der Waals surface area (Å²) in [5.74, 6) is -4.01. The van der Waals surface area contributed by atoms with Gasteiger partial charge in [-0.2, -0.15) is 0 Å². The molecule has 0 fully saturated rings. The van der Waals surface area contributed by atoms with Gasteiger partial charge >= 0.3 is 5.97 Å². The second-order valence-corrected chi connectivity index (χ2v) is 6.27. The van der Waals surface area contributed by atoms with E-state index in [1.165, 1.54) is 18.2 Å². The topological polar surface area (TPSA) is 66.4 Å². The lowest BCUT2D eigenvalue weighted by Gasteiger charge is -2.15. The average Bonchev–Trinajstić information content (AvgIpc) is 3.00. The Kier molecular flexibility index (Phi) is 5.04. The average molecular weight is 378 g/mol. The van der Waals surface area contributed by atoms with Crippen LogP contribution in [0, 0.1) is 11.7 Å². The van der Waals surface area contributed by atoms with E-state index in [4.69, 9.17) is 16.7 Å². The van der Waals surface area contributed by atoms with E-state index in [2.05, 4.69) is 5.32 Å². The molecule has 0 aromatic heterocycles. The minimum Gasteiger partial charge on any atom is -0.478 e. The Hall–Kier alpha value is -2.73. The largest absolute Gasteiger partial charge is 0.478 e. The van der Waals surface area contributed by atoms with Gasteiger partial charge in [0.25, 0.3) is 0 Å². The Balaban J connectivity index is 1.89. The molecule has 1 aliphatic carbocycles. The van der Waals surface area contributed by atoms with Crippen LogP contribution in [0.5, 0.6) is 0 Å². The van der Waals surface area contributed by atoms with E-state index in [9.17, 15) is 18.4 Å². The zero-order valence-electron chi connectivity index (χ0n) is 13.4. The lowest BCUT2D eigenvalue weighted by molar-refractivity contribution is -0.134. The van der Waals surface area contributed by atoms with Gasteiger partial charge < -0.3 is 10.4 Å². The van der Waals surface area contributed by atoms with Crippen molar-refractivity contribution in [3.05, 3.63) is 65.0 Å². The first kappa shape index (κ1) is 18.1. The summed E-state index contributed by atoms with van der Waals surface area (Å²) in [5, 5.41) is 11.8. The Labute approximate surface area is 153 Å². The van der Waals surface area contributed by atoms with Crippen LogP contribution in [0.15, 0.2) is 54.1 Å². The summed E-state index contributed by atoms with van der Waals surface area (Å²) in [6.07, 6.45) is -0.890. The molecule has 0 bridgehead atoms. The molecule has 2 aromatic carbocycles. The van der Waals surface area contributed by atoms with E-state index in [0.717, 1.165) is 6.08 Å². The minimum absolute atomic E-state index is 0.125. The van der Waals surface area contributed by atoms with Gasteiger partial charge in [-0.05, 0) is 24.6 Å². The van der Waals surface area contributed by atoms with E-state index < -0.39 is 29.8 Å². The summed E-state index contributed by atoms with van der Waals surface area (Å²) >= 11 is 6.09. The van der Waals surface area contributed by atoms with Crippen molar-refractivity contribution >= 4 is 29.2 Å². The first-order valence-electron chi connectivity index (χ1n) is 7.82. The number of aliphatic carboxylic acids is 1. The first-order valence-corrected chi connectivity index (χ1v) is 8.19. The smallest absolute Gasteiger partial charge is 0.332 e. The third kappa shape index (κ3) is 3.46. The monoisotopic (exact) mass is 377 g/mol. The summed E-state index contributed by atoms with van der Waals surface area (Å²) in [6.45, 7) is 0. The molecule has 0 radical (unpaired) electrons. The van der Waals surface area contributed by atoms with Crippen LogP contribution in [-0.4, -0.2) is 23.2 Å². The molecule has 4 nitrogen and oxygen atoms in total. The quantitative estimate of drug-likeness (QED) is 0.827. The number of allylic oxidation sites excluding steroid dienone is 1. The van der Waals surface area contributed by atoms with Crippen molar-refractivity contribution in [1.82, 2.24) is 0 Å². The van der Waals surface area contributed by atoms with Gasteiger partial charge in [-0.25, -0.2) is 13.6 Å². The summed E-state index contributed by atoms with van der Waals surface area (Å²) in [6, 6.07) is 11.1. The molecule has 1 unspecified atom stereocenters. The van der Waals surface area contributed by atoms with Gasteiger partial charge in [-0.15, -0.1) is 0 Å². The highest BCUT2D eigenvalue weighted by Crippen LogP contribution is 2.34. The highest BCUT2D eigenvalue weighted by molar-refractivity contribution is 6.33. The molecule has 0 saturated carbocycles. The maximum atomic E-state index is 14.8. The van der Waals surface area contributed by atoms with Gasteiger partial charge in [-0.3, -0.25) is 4.79 Å². The van der Waals surface area contributed by atoms with E-state index in [0.29, 0.717) is 10.6 Å². The molecule has 0 aliphatic heterocycles. The minimum atomic E-state index is -1.52. The molecule has 2 atom stereocenters. The molecular weight excluding hydrogens is 364 g/mol. The number of carboxylic acids is 1. The molecule has 2 N–H and O–H groups in total. The van der Waals surface area contributed by atoms with Crippen molar-refractivity contribution in [2.45, 2.75) is 12.6 Å². The number of alkyl halides is 1. The van der Waals surface area contributed by atoms with Crippen molar-refractivity contribution in [2.75, 3.05) is 5.32 Å². The normalized spacial score (nSPS) is 19.1. The molecular formula is C19H14ClF2NO3. The lowest BCUT2D eigenvalue weighted by Crippen LogP contribution is -2.26. The van der Waals surface area contributed by atoms with Crippen molar-refractivity contribution in [3.8, 4) is 11.1 Å². The van der Waals surface area contributed by atoms with E-state index in [-0.39, 0.29) is 23.2 Å². The lowest BCUT2D eigenvalue weighted by atomic mass is 9.99. The standard InChI is InChI=1S/C19H14ClF2NO3/c20-15-6-2-1-4-11(15)12-5-3-7-16(17(12)22)23-18(24)13-8-10(21)9-14(13)19(25)26/h1-7,9-10,13H,8H2,(H,23,24)(H,25,26)/t10?,13-/m1/s1. The van der Waals surface area contributed by atoms with Crippen LogP contribution < -0.4 is 5.32 Å². The molecule has 26 heavy (non-hydrogen) atoms. The number of halogens is 3. The van der Waals surface area contributed by atoms with Crippen LogP contribution in [0.3, 0.4) is 0 Å². The van der Waals surface area contributed by atoms with Crippen LogP contribution in [0.1, 0.15) is 6.42 Å². The van der Waals surface area contributed by atoms with E-state index in [1.54, 1.807) is 24.3 Å². The molecule has 134 valence electrons. The molecule has 0 heterocycles.